The zero-order valence-electron chi connectivity index (χ0n) is 12.3. The van der Waals surface area contributed by atoms with Crippen molar-refractivity contribution in [1.82, 2.24) is 5.32 Å². The minimum Gasteiger partial charge on any atom is -0.444 e. The Balaban J connectivity index is 2.42. The Morgan fingerprint density at radius 2 is 2.14 bits per heavy atom. The molecule has 0 aromatic heterocycles. The van der Waals surface area contributed by atoms with E-state index in [9.17, 15) is 14.0 Å². The van der Waals surface area contributed by atoms with E-state index in [4.69, 9.17) is 4.74 Å². The smallest absolute Gasteiger partial charge is 0.407 e. The summed E-state index contributed by atoms with van der Waals surface area (Å²) in [5, 5.41) is 2.57. The van der Waals surface area contributed by atoms with Gasteiger partial charge in [0.25, 0.3) is 0 Å². The lowest BCUT2D eigenvalue weighted by atomic mass is 10.1. The zero-order chi connectivity index (χ0) is 15.9. The van der Waals surface area contributed by atoms with Crippen LogP contribution in [0, 0.1) is 17.7 Å². The molecule has 0 unspecified atom stereocenters. The number of aldehydes is 1. The van der Waals surface area contributed by atoms with Crippen LogP contribution in [-0.2, 0) is 4.74 Å². The average molecular weight is 291 g/mol. The number of carbonyl (C=O) groups is 2. The van der Waals surface area contributed by atoms with E-state index in [0.29, 0.717) is 24.8 Å². The van der Waals surface area contributed by atoms with Gasteiger partial charge in [-0.25, -0.2) is 9.18 Å². The molecule has 112 valence electrons. The second kappa shape index (κ2) is 7.44. The van der Waals surface area contributed by atoms with Crippen LogP contribution in [-0.4, -0.2) is 24.5 Å². The summed E-state index contributed by atoms with van der Waals surface area (Å²) in [7, 11) is 0. The zero-order valence-corrected chi connectivity index (χ0v) is 12.3. The van der Waals surface area contributed by atoms with Crippen LogP contribution in [0.25, 0.3) is 0 Å². The molecule has 0 atom stereocenters. The number of ether oxygens (including phenoxy) is 1. The Bertz CT molecular complexity index is 579. The minimum atomic E-state index is -0.594. The molecule has 0 fully saturated rings. The third-order valence-electron chi connectivity index (χ3n) is 2.28. The Hall–Kier alpha value is -2.35. The van der Waals surface area contributed by atoms with Crippen LogP contribution in [0.3, 0.4) is 0 Å². The molecule has 0 radical (unpaired) electrons. The quantitative estimate of drug-likeness (QED) is 0.529. The van der Waals surface area contributed by atoms with Crippen molar-refractivity contribution in [2.24, 2.45) is 0 Å². The molecule has 0 aliphatic heterocycles. The normalized spacial score (nSPS) is 10.3. The molecule has 1 amide bonds. The summed E-state index contributed by atoms with van der Waals surface area (Å²) in [5.74, 6) is 4.98. The van der Waals surface area contributed by atoms with Crippen molar-refractivity contribution in [2.75, 3.05) is 6.54 Å². The molecule has 1 aromatic rings. The van der Waals surface area contributed by atoms with Crippen LogP contribution in [0.2, 0.25) is 0 Å². The van der Waals surface area contributed by atoms with E-state index in [1.807, 2.05) is 0 Å². The van der Waals surface area contributed by atoms with Gasteiger partial charge in [-0.3, -0.25) is 4.79 Å². The van der Waals surface area contributed by atoms with E-state index in [0.717, 1.165) is 0 Å². The van der Waals surface area contributed by atoms with E-state index in [2.05, 4.69) is 17.2 Å². The van der Waals surface area contributed by atoms with E-state index >= 15 is 0 Å². The maximum absolute atomic E-state index is 13.3. The molecule has 1 aromatic carbocycles. The number of hydrogen-bond acceptors (Lipinski definition) is 3. The molecule has 4 nitrogen and oxygen atoms in total. The molecule has 0 saturated heterocycles. The van der Waals surface area contributed by atoms with Gasteiger partial charge in [-0.15, -0.1) is 0 Å². The summed E-state index contributed by atoms with van der Waals surface area (Å²) in [6.45, 7) is 5.69. The SMILES string of the molecule is CC(C)(C)OC(=O)NCCC#Cc1ccc(C=O)c(F)c1. The fraction of sp³-hybridized carbons (Fsp3) is 0.375. The number of benzene rings is 1. The summed E-state index contributed by atoms with van der Waals surface area (Å²) in [6.07, 6.45) is 0.374. The van der Waals surface area contributed by atoms with Crippen molar-refractivity contribution >= 4 is 12.4 Å². The summed E-state index contributed by atoms with van der Waals surface area (Å²) in [4.78, 5) is 21.8. The lowest BCUT2D eigenvalue weighted by molar-refractivity contribution is 0.0529. The lowest BCUT2D eigenvalue weighted by Gasteiger charge is -2.19. The molecule has 5 heteroatoms. The predicted molar refractivity (Wildman–Crippen MR) is 77.5 cm³/mol. The monoisotopic (exact) mass is 291 g/mol. The summed E-state index contributed by atoms with van der Waals surface area (Å²) < 4.78 is 18.4. The van der Waals surface area contributed by atoms with Crippen LogP contribution in [0.4, 0.5) is 9.18 Å². The number of nitrogens with one attached hydrogen (secondary N) is 1. The van der Waals surface area contributed by atoms with Gasteiger partial charge in [-0.2, -0.15) is 0 Å². The van der Waals surface area contributed by atoms with E-state index in [-0.39, 0.29) is 5.56 Å². The van der Waals surface area contributed by atoms with E-state index in [1.165, 1.54) is 12.1 Å². The third-order valence-corrected chi connectivity index (χ3v) is 2.28. The second-order valence-corrected chi connectivity index (χ2v) is 5.33. The third kappa shape index (κ3) is 6.57. The van der Waals surface area contributed by atoms with Gasteiger partial charge in [0, 0.05) is 18.5 Å². The van der Waals surface area contributed by atoms with Crippen molar-refractivity contribution in [2.45, 2.75) is 32.8 Å². The molecule has 0 heterocycles. The molecule has 1 N–H and O–H groups in total. The molecule has 0 aliphatic rings. The fourth-order valence-corrected chi connectivity index (χ4v) is 1.41. The largest absolute Gasteiger partial charge is 0.444 e. The molecule has 0 saturated carbocycles. The molecular weight excluding hydrogens is 273 g/mol. The highest BCUT2D eigenvalue weighted by Gasteiger charge is 2.15. The van der Waals surface area contributed by atoms with Crippen LogP contribution in [0.5, 0.6) is 0 Å². The highest BCUT2D eigenvalue weighted by molar-refractivity contribution is 5.75. The first-order chi connectivity index (χ1) is 9.81. The van der Waals surface area contributed by atoms with Gasteiger partial charge in [0.2, 0.25) is 0 Å². The van der Waals surface area contributed by atoms with Crippen molar-refractivity contribution in [3.63, 3.8) is 0 Å². The number of alkyl carbamates (subject to hydrolysis) is 1. The summed E-state index contributed by atoms with van der Waals surface area (Å²) >= 11 is 0. The second-order valence-electron chi connectivity index (χ2n) is 5.33. The van der Waals surface area contributed by atoms with Gasteiger partial charge >= 0.3 is 6.09 Å². The molecular formula is C16H18FNO3. The van der Waals surface area contributed by atoms with Crippen molar-refractivity contribution < 1.29 is 18.7 Å². The lowest BCUT2D eigenvalue weighted by Crippen LogP contribution is -2.32. The average Bonchev–Trinajstić information content (AvgIpc) is 2.36. The van der Waals surface area contributed by atoms with Crippen LogP contribution >= 0.6 is 0 Å². The van der Waals surface area contributed by atoms with Gasteiger partial charge in [-0.05, 0) is 39.0 Å². The number of hydrogen-bond donors (Lipinski definition) is 1. The highest BCUT2D eigenvalue weighted by atomic mass is 19.1. The van der Waals surface area contributed by atoms with Gasteiger partial charge in [0.15, 0.2) is 6.29 Å². The minimum absolute atomic E-state index is 0.00661. The molecule has 21 heavy (non-hydrogen) atoms. The van der Waals surface area contributed by atoms with E-state index < -0.39 is 17.5 Å². The highest BCUT2D eigenvalue weighted by Crippen LogP contribution is 2.07. The first-order valence-electron chi connectivity index (χ1n) is 6.52. The topological polar surface area (TPSA) is 55.4 Å². The predicted octanol–water partition coefficient (Wildman–Crippen LogP) is 2.90. The number of halogens is 1. The molecule has 0 spiro atoms. The van der Waals surface area contributed by atoms with Crippen molar-refractivity contribution in [1.29, 1.82) is 0 Å². The standard InChI is InChI=1S/C16H18FNO3/c1-16(2,3)21-15(20)18-9-5-4-6-12-7-8-13(11-19)14(17)10-12/h7-8,10-11H,5,9H2,1-3H3,(H,18,20). The van der Waals surface area contributed by atoms with E-state index in [1.54, 1.807) is 26.8 Å². The Morgan fingerprint density at radius 1 is 1.43 bits per heavy atom. The van der Waals surface area contributed by atoms with Crippen LogP contribution < -0.4 is 5.32 Å². The fourth-order valence-electron chi connectivity index (χ4n) is 1.41. The number of rotatable bonds is 3. The molecule has 1 rings (SSSR count). The van der Waals surface area contributed by atoms with Gasteiger partial charge in [-0.1, -0.05) is 11.8 Å². The van der Waals surface area contributed by atoms with Crippen LogP contribution in [0.15, 0.2) is 18.2 Å². The maximum atomic E-state index is 13.3. The first kappa shape index (κ1) is 16.7. The van der Waals surface area contributed by atoms with Gasteiger partial charge < -0.3 is 10.1 Å². The molecule has 0 bridgehead atoms. The Labute approximate surface area is 123 Å². The molecule has 0 aliphatic carbocycles. The summed E-state index contributed by atoms with van der Waals surface area (Å²) in [6, 6.07) is 4.16. The summed E-state index contributed by atoms with van der Waals surface area (Å²) in [5.41, 5.74) is -0.0457. The number of carbonyl (C=O) groups excluding carboxylic acids is 2. The Morgan fingerprint density at radius 3 is 2.71 bits per heavy atom. The van der Waals surface area contributed by atoms with Crippen LogP contribution in [0.1, 0.15) is 43.1 Å². The number of amides is 1. The van der Waals surface area contributed by atoms with Gasteiger partial charge in [0.1, 0.15) is 11.4 Å². The maximum Gasteiger partial charge on any atom is 0.407 e. The van der Waals surface area contributed by atoms with Crippen molar-refractivity contribution in [3.8, 4) is 11.8 Å². The Kier molecular flexibility index (Phi) is 5.92. The van der Waals surface area contributed by atoms with Gasteiger partial charge in [0.05, 0.1) is 5.56 Å². The van der Waals surface area contributed by atoms with Crippen molar-refractivity contribution in [3.05, 3.63) is 35.1 Å². The first-order valence-corrected chi connectivity index (χ1v) is 6.52.